The van der Waals surface area contributed by atoms with E-state index in [0.717, 1.165) is 16.7 Å². The summed E-state index contributed by atoms with van der Waals surface area (Å²) < 4.78 is 16.5. The van der Waals surface area contributed by atoms with Gasteiger partial charge >= 0.3 is 5.97 Å². The second kappa shape index (κ2) is 11.2. The zero-order chi connectivity index (χ0) is 22.9. The molecule has 1 N–H and O–H groups in total. The first kappa shape index (κ1) is 23.1. The van der Waals surface area contributed by atoms with Gasteiger partial charge in [0.15, 0.2) is 11.5 Å². The van der Waals surface area contributed by atoms with Crippen LogP contribution in [0.25, 0.3) is 22.3 Å². The van der Waals surface area contributed by atoms with Crippen molar-refractivity contribution >= 4 is 5.97 Å². The maximum Gasteiger partial charge on any atom is 0.333 e. The summed E-state index contributed by atoms with van der Waals surface area (Å²) in [5.74, 6) is 0.586. The van der Waals surface area contributed by atoms with Crippen molar-refractivity contribution in [2.45, 2.75) is 13.8 Å². The smallest absolute Gasteiger partial charge is 0.333 e. The van der Waals surface area contributed by atoms with Gasteiger partial charge in [-0.05, 0) is 48.2 Å². The van der Waals surface area contributed by atoms with Gasteiger partial charge in [0.2, 0.25) is 0 Å². The van der Waals surface area contributed by atoms with Crippen molar-refractivity contribution in [2.24, 2.45) is 0 Å². The molecule has 0 aromatic heterocycles. The molecule has 0 unspecified atom stereocenters. The number of aliphatic hydroxyl groups is 1. The van der Waals surface area contributed by atoms with Gasteiger partial charge in [0.1, 0.15) is 19.8 Å². The minimum absolute atomic E-state index is 0.0978. The zero-order valence-electron chi connectivity index (χ0n) is 18.5. The summed E-state index contributed by atoms with van der Waals surface area (Å²) >= 11 is 0. The number of esters is 1. The Morgan fingerprint density at radius 3 is 1.91 bits per heavy atom. The van der Waals surface area contributed by atoms with E-state index in [1.807, 2.05) is 18.2 Å². The zero-order valence-corrected chi connectivity index (χ0v) is 18.5. The minimum Gasteiger partial charge on any atom is -0.487 e. The van der Waals surface area contributed by atoms with Crippen LogP contribution in [0.3, 0.4) is 0 Å². The van der Waals surface area contributed by atoms with E-state index in [0.29, 0.717) is 17.1 Å². The second-order valence-corrected chi connectivity index (χ2v) is 7.44. The van der Waals surface area contributed by atoms with Crippen LogP contribution in [0.1, 0.15) is 12.5 Å². The van der Waals surface area contributed by atoms with Crippen LogP contribution < -0.4 is 9.47 Å². The monoisotopic (exact) mass is 432 g/mol. The largest absolute Gasteiger partial charge is 0.487 e. The fourth-order valence-electron chi connectivity index (χ4n) is 3.09. The number of rotatable bonds is 10. The van der Waals surface area contributed by atoms with Crippen molar-refractivity contribution in [2.75, 3.05) is 26.4 Å². The number of aliphatic hydroxyl groups excluding tert-OH is 1. The third-order valence-corrected chi connectivity index (χ3v) is 4.82. The predicted molar refractivity (Wildman–Crippen MR) is 126 cm³/mol. The van der Waals surface area contributed by atoms with Crippen LogP contribution in [0.4, 0.5) is 0 Å². The maximum atomic E-state index is 11.5. The van der Waals surface area contributed by atoms with Crippen LogP contribution in [0.2, 0.25) is 0 Å². The molecule has 0 fully saturated rings. The fraction of sp³-hybridized carbons (Fsp3) is 0.222. The Kier molecular flexibility index (Phi) is 8.06. The van der Waals surface area contributed by atoms with Crippen LogP contribution in [-0.2, 0) is 9.53 Å². The highest BCUT2D eigenvalue weighted by molar-refractivity contribution is 5.86. The summed E-state index contributed by atoms with van der Waals surface area (Å²) in [5, 5.41) is 9.08. The van der Waals surface area contributed by atoms with Crippen molar-refractivity contribution in [3.8, 4) is 33.8 Å². The lowest BCUT2D eigenvalue weighted by atomic mass is 9.99. The summed E-state index contributed by atoms with van der Waals surface area (Å²) in [6.45, 7) is 7.55. The van der Waals surface area contributed by atoms with Crippen molar-refractivity contribution in [1.29, 1.82) is 0 Å². The van der Waals surface area contributed by atoms with Crippen molar-refractivity contribution in [3.05, 3.63) is 84.4 Å². The highest BCUT2D eigenvalue weighted by Crippen LogP contribution is 2.33. The number of hydrogen-bond donors (Lipinski definition) is 1. The van der Waals surface area contributed by atoms with E-state index in [-0.39, 0.29) is 26.4 Å². The molecule has 0 radical (unpaired) electrons. The molecule has 0 amide bonds. The lowest BCUT2D eigenvalue weighted by molar-refractivity contribution is -0.139. The summed E-state index contributed by atoms with van der Waals surface area (Å²) in [6, 6.07) is 22.4. The Morgan fingerprint density at radius 2 is 1.31 bits per heavy atom. The van der Waals surface area contributed by atoms with E-state index < -0.39 is 5.97 Å². The van der Waals surface area contributed by atoms with Gasteiger partial charge in [-0.2, -0.15) is 0 Å². The number of carbonyl (C=O) groups is 1. The highest BCUT2D eigenvalue weighted by Gasteiger charge is 2.10. The summed E-state index contributed by atoms with van der Waals surface area (Å²) in [5.41, 5.74) is 5.89. The number of carbonyl (C=O) groups excluding carboxylic acids is 1. The van der Waals surface area contributed by atoms with Crippen LogP contribution in [0.15, 0.2) is 78.9 Å². The topological polar surface area (TPSA) is 65.0 Å². The molecule has 0 bridgehead atoms. The quantitative estimate of drug-likeness (QED) is 0.271. The molecule has 0 saturated carbocycles. The normalized spacial score (nSPS) is 10.5. The molecule has 3 aromatic rings. The second-order valence-electron chi connectivity index (χ2n) is 7.44. The lowest BCUT2D eigenvalue weighted by Gasteiger charge is -2.14. The Balaban J connectivity index is 1.75. The molecule has 5 heteroatoms. The average molecular weight is 433 g/mol. The van der Waals surface area contributed by atoms with E-state index in [1.165, 1.54) is 11.1 Å². The lowest BCUT2D eigenvalue weighted by Crippen LogP contribution is -2.13. The highest BCUT2D eigenvalue weighted by atomic mass is 16.6. The van der Waals surface area contributed by atoms with Crippen LogP contribution >= 0.6 is 0 Å². The van der Waals surface area contributed by atoms with Gasteiger partial charge in [0.25, 0.3) is 0 Å². The molecule has 0 saturated heterocycles. The van der Waals surface area contributed by atoms with E-state index in [9.17, 15) is 4.79 Å². The van der Waals surface area contributed by atoms with Crippen LogP contribution in [0, 0.1) is 6.92 Å². The maximum absolute atomic E-state index is 11.5. The molecular weight excluding hydrogens is 404 g/mol. The fourth-order valence-corrected chi connectivity index (χ4v) is 3.09. The van der Waals surface area contributed by atoms with Gasteiger partial charge < -0.3 is 19.3 Å². The number of aryl methyl sites for hydroxylation is 1. The first-order valence-corrected chi connectivity index (χ1v) is 10.5. The van der Waals surface area contributed by atoms with E-state index in [4.69, 9.17) is 19.3 Å². The summed E-state index contributed by atoms with van der Waals surface area (Å²) in [6.07, 6.45) is 0. The van der Waals surface area contributed by atoms with E-state index >= 15 is 0 Å². The Bertz CT molecular complexity index is 1050. The molecule has 166 valence electrons. The van der Waals surface area contributed by atoms with Gasteiger partial charge in [0.05, 0.1) is 6.61 Å². The van der Waals surface area contributed by atoms with Crippen molar-refractivity contribution in [1.82, 2.24) is 0 Å². The van der Waals surface area contributed by atoms with Gasteiger partial charge in [-0.1, -0.05) is 66.7 Å². The third-order valence-electron chi connectivity index (χ3n) is 4.82. The number of ether oxygens (including phenoxy) is 3. The molecule has 3 rings (SSSR count). The molecule has 0 heterocycles. The molecule has 3 aromatic carbocycles. The molecular formula is C27H28O5. The van der Waals surface area contributed by atoms with Gasteiger partial charge in [-0.25, -0.2) is 4.79 Å². The number of benzene rings is 3. The Labute approximate surface area is 188 Å². The van der Waals surface area contributed by atoms with Gasteiger partial charge in [0, 0.05) is 5.57 Å². The molecule has 0 aliphatic rings. The van der Waals surface area contributed by atoms with Gasteiger partial charge in [-0.3, -0.25) is 0 Å². The Morgan fingerprint density at radius 1 is 0.781 bits per heavy atom. The van der Waals surface area contributed by atoms with E-state index in [1.54, 1.807) is 6.92 Å². The predicted octanol–water partition coefficient (Wildman–Crippen LogP) is 5.20. The van der Waals surface area contributed by atoms with Crippen LogP contribution in [-0.4, -0.2) is 37.5 Å². The first-order chi connectivity index (χ1) is 15.5. The standard InChI is InChI=1S/C27H28O5/c1-19(2)27(29)32-17-16-31-26-18-24(12-13-25(26)30-15-14-28)23-10-8-22(9-11-23)21-6-4-20(3)5-7-21/h4-13,18,28H,1,14-17H2,2-3H3. The average Bonchev–Trinajstić information content (AvgIpc) is 2.81. The molecule has 32 heavy (non-hydrogen) atoms. The molecule has 0 aliphatic heterocycles. The number of hydrogen-bond acceptors (Lipinski definition) is 5. The van der Waals surface area contributed by atoms with Crippen molar-refractivity contribution < 1.29 is 24.1 Å². The molecule has 0 aliphatic carbocycles. The van der Waals surface area contributed by atoms with Crippen molar-refractivity contribution in [3.63, 3.8) is 0 Å². The molecule has 0 atom stereocenters. The van der Waals surface area contributed by atoms with Gasteiger partial charge in [-0.15, -0.1) is 0 Å². The Hall–Kier alpha value is -3.57. The first-order valence-electron chi connectivity index (χ1n) is 10.5. The van der Waals surface area contributed by atoms with E-state index in [2.05, 4.69) is 62.0 Å². The third kappa shape index (κ3) is 6.22. The molecule has 0 spiro atoms. The SMILES string of the molecule is C=C(C)C(=O)OCCOc1cc(-c2ccc(-c3ccc(C)cc3)cc2)ccc1OCCO. The minimum atomic E-state index is -0.451. The summed E-state index contributed by atoms with van der Waals surface area (Å²) in [7, 11) is 0. The summed E-state index contributed by atoms with van der Waals surface area (Å²) in [4.78, 5) is 11.5. The van der Waals surface area contributed by atoms with Crippen LogP contribution in [0.5, 0.6) is 11.5 Å². The molecule has 5 nitrogen and oxygen atoms in total.